The quantitative estimate of drug-likeness (QED) is 0.842. The van der Waals surface area contributed by atoms with Crippen LogP contribution in [0.1, 0.15) is 23.8 Å². The van der Waals surface area contributed by atoms with E-state index in [0.29, 0.717) is 29.8 Å². The summed E-state index contributed by atoms with van der Waals surface area (Å²) in [5.41, 5.74) is 0.646. The minimum absolute atomic E-state index is 0.00000850. The first-order valence-electron chi connectivity index (χ1n) is 8.11. The van der Waals surface area contributed by atoms with Crippen molar-refractivity contribution in [3.05, 3.63) is 40.6 Å². The predicted molar refractivity (Wildman–Crippen MR) is 95.2 cm³/mol. The molecule has 2 aromatic rings. The van der Waals surface area contributed by atoms with Crippen LogP contribution in [-0.4, -0.2) is 33.2 Å². The molecule has 0 aliphatic carbocycles. The molecule has 2 N–H and O–H groups in total. The van der Waals surface area contributed by atoms with Crippen LogP contribution < -0.4 is 19.7 Å². The average Bonchev–Trinajstić information content (AvgIpc) is 3.25. The summed E-state index contributed by atoms with van der Waals surface area (Å²) < 4.78 is 10.5. The molecule has 6 heteroatoms. The molecule has 1 saturated heterocycles. The maximum atomic E-state index is 12.5. The second-order valence-corrected chi connectivity index (χ2v) is 6.89. The van der Waals surface area contributed by atoms with Gasteiger partial charge < -0.3 is 19.7 Å². The number of hydrogen-bond acceptors (Lipinski definition) is 4. The first kappa shape index (κ1) is 16.8. The van der Waals surface area contributed by atoms with E-state index in [-0.39, 0.29) is 5.91 Å². The molecule has 2 heterocycles. The molecule has 2 atom stereocenters. The van der Waals surface area contributed by atoms with Crippen LogP contribution in [-0.2, 0) is 4.79 Å². The number of nitrogens with one attached hydrogen (secondary N) is 2. The van der Waals surface area contributed by atoms with Crippen molar-refractivity contribution < 1.29 is 19.2 Å². The average molecular weight is 347 g/mol. The molecule has 1 amide bonds. The maximum absolute atomic E-state index is 12.5. The van der Waals surface area contributed by atoms with Gasteiger partial charge in [0, 0.05) is 18.9 Å². The third-order valence-electron chi connectivity index (χ3n) is 4.44. The van der Waals surface area contributed by atoms with Crippen LogP contribution in [0, 0.1) is 0 Å². The lowest BCUT2D eigenvalue weighted by molar-refractivity contribution is -0.910. The van der Waals surface area contributed by atoms with Crippen LogP contribution in [0.25, 0.3) is 0 Å². The zero-order valence-corrected chi connectivity index (χ0v) is 14.8. The number of carbonyl (C=O) groups is 1. The molecular weight excluding hydrogens is 324 g/mol. The molecule has 0 spiro atoms. The van der Waals surface area contributed by atoms with Gasteiger partial charge in [0.2, 0.25) is 0 Å². The molecule has 1 fully saturated rings. The van der Waals surface area contributed by atoms with Gasteiger partial charge in [-0.3, -0.25) is 4.79 Å². The third kappa shape index (κ3) is 3.71. The van der Waals surface area contributed by atoms with Gasteiger partial charge >= 0.3 is 0 Å². The Hall–Kier alpha value is -2.05. The Morgan fingerprint density at radius 3 is 2.92 bits per heavy atom. The highest BCUT2D eigenvalue weighted by Gasteiger charge is 2.32. The number of amides is 1. The number of hydrogen-bond donors (Lipinski definition) is 2. The summed E-state index contributed by atoms with van der Waals surface area (Å²) in [6, 6.07) is 10.1. The fourth-order valence-electron chi connectivity index (χ4n) is 3.27. The van der Waals surface area contributed by atoms with Crippen molar-refractivity contribution in [2.24, 2.45) is 0 Å². The van der Waals surface area contributed by atoms with Crippen molar-refractivity contribution in [1.29, 1.82) is 0 Å². The number of ether oxygens (including phenoxy) is 2. The second-order valence-electron chi connectivity index (χ2n) is 5.91. The van der Waals surface area contributed by atoms with Crippen molar-refractivity contribution in [1.82, 2.24) is 0 Å². The van der Waals surface area contributed by atoms with E-state index in [4.69, 9.17) is 9.47 Å². The van der Waals surface area contributed by atoms with Crippen molar-refractivity contribution >= 4 is 22.9 Å². The van der Waals surface area contributed by atoms with Crippen LogP contribution in [0.3, 0.4) is 0 Å². The predicted octanol–water partition coefficient (Wildman–Crippen LogP) is 2.12. The van der Waals surface area contributed by atoms with Gasteiger partial charge in [0.05, 0.1) is 31.3 Å². The van der Waals surface area contributed by atoms with E-state index in [1.807, 2.05) is 6.07 Å². The summed E-state index contributed by atoms with van der Waals surface area (Å²) in [5, 5.41) is 5.07. The van der Waals surface area contributed by atoms with Gasteiger partial charge in [-0.2, -0.15) is 0 Å². The number of benzene rings is 1. The largest absolute Gasteiger partial charge is 0.497 e. The highest BCUT2D eigenvalue weighted by molar-refractivity contribution is 7.10. The van der Waals surface area contributed by atoms with Crippen molar-refractivity contribution in [3.8, 4) is 11.5 Å². The van der Waals surface area contributed by atoms with E-state index >= 15 is 0 Å². The SMILES string of the molecule is COc1ccc(OC)c(NC(=O)C[NH+]2CCC[C@@H]2c2cccs2)c1. The Balaban J connectivity index is 1.67. The number of methoxy groups -OCH3 is 2. The number of carbonyl (C=O) groups excluding carboxylic acids is 1. The lowest BCUT2D eigenvalue weighted by atomic mass is 10.2. The molecule has 5 nitrogen and oxygen atoms in total. The van der Waals surface area contributed by atoms with Gasteiger partial charge in [0.25, 0.3) is 5.91 Å². The van der Waals surface area contributed by atoms with Gasteiger partial charge in [0.15, 0.2) is 6.54 Å². The first-order valence-corrected chi connectivity index (χ1v) is 8.99. The normalized spacial score (nSPS) is 19.9. The van der Waals surface area contributed by atoms with Crippen LogP contribution in [0.5, 0.6) is 11.5 Å². The molecule has 0 radical (unpaired) electrons. The summed E-state index contributed by atoms with van der Waals surface area (Å²) in [6.45, 7) is 1.49. The summed E-state index contributed by atoms with van der Waals surface area (Å²) in [4.78, 5) is 15.2. The van der Waals surface area contributed by atoms with Crippen molar-refractivity contribution in [3.63, 3.8) is 0 Å². The van der Waals surface area contributed by atoms with Gasteiger partial charge in [-0.1, -0.05) is 6.07 Å². The van der Waals surface area contributed by atoms with E-state index in [0.717, 1.165) is 19.4 Å². The van der Waals surface area contributed by atoms with Gasteiger partial charge in [-0.15, -0.1) is 11.3 Å². The van der Waals surface area contributed by atoms with Crippen molar-refractivity contribution in [2.75, 3.05) is 32.6 Å². The lowest BCUT2D eigenvalue weighted by Gasteiger charge is -2.20. The van der Waals surface area contributed by atoms with E-state index < -0.39 is 0 Å². The molecule has 1 aromatic carbocycles. The monoisotopic (exact) mass is 347 g/mol. The van der Waals surface area contributed by atoms with Crippen LogP contribution >= 0.6 is 11.3 Å². The smallest absolute Gasteiger partial charge is 0.279 e. The lowest BCUT2D eigenvalue weighted by Crippen LogP contribution is -3.11. The molecule has 24 heavy (non-hydrogen) atoms. The molecule has 1 aliphatic rings. The Labute approximate surface area is 146 Å². The standard InChI is InChI=1S/C18H22N2O3S/c1-22-13-7-8-16(23-2)14(11-13)19-18(21)12-20-9-3-5-15(20)17-6-4-10-24-17/h4,6-8,10-11,15H,3,5,9,12H2,1-2H3,(H,19,21)/p+1/t15-/m1/s1. The Morgan fingerprint density at radius 1 is 1.33 bits per heavy atom. The molecule has 128 valence electrons. The minimum atomic E-state index is 0.00000850. The van der Waals surface area contributed by atoms with Crippen LogP contribution in [0.2, 0.25) is 0 Å². The molecule has 0 saturated carbocycles. The Morgan fingerprint density at radius 2 is 2.21 bits per heavy atom. The number of likely N-dealkylation sites (tertiary alicyclic amines) is 1. The number of anilines is 1. The Kier molecular flexibility index (Phi) is 5.37. The summed E-state index contributed by atoms with van der Waals surface area (Å²) in [6.07, 6.45) is 2.30. The zero-order chi connectivity index (χ0) is 16.9. The van der Waals surface area contributed by atoms with Gasteiger partial charge in [-0.25, -0.2) is 0 Å². The topological polar surface area (TPSA) is 52.0 Å². The number of rotatable bonds is 6. The Bertz CT molecular complexity index is 688. The van der Waals surface area contributed by atoms with E-state index in [1.54, 1.807) is 37.7 Å². The van der Waals surface area contributed by atoms with E-state index in [9.17, 15) is 4.79 Å². The maximum Gasteiger partial charge on any atom is 0.279 e. The molecule has 1 aliphatic heterocycles. The third-order valence-corrected chi connectivity index (χ3v) is 5.42. The highest BCUT2D eigenvalue weighted by atomic mass is 32.1. The summed E-state index contributed by atoms with van der Waals surface area (Å²) in [7, 11) is 3.20. The fraction of sp³-hybridized carbons (Fsp3) is 0.389. The molecule has 1 aromatic heterocycles. The van der Waals surface area contributed by atoms with Crippen molar-refractivity contribution in [2.45, 2.75) is 18.9 Å². The number of thiophene rings is 1. The summed E-state index contributed by atoms with van der Waals surface area (Å²) >= 11 is 1.78. The number of quaternary nitrogens is 1. The molecule has 1 unspecified atom stereocenters. The highest BCUT2D eigenvalue weighted by Crippen LogP contribution is 2.29. The van der Waals surface area contributed by atoms with Crippen LogP contribution in [0.15, 0.2) is 35.7 Å². The minimum Gasteiger partial charge on any atom is -0.497 e. The van der Waals surface area contributed by atoms with E-state index in [1.165, 1.54) is 9.78 Å². The summed E-state index contributed by atoms with van der Waals surface area (Å²) in [5.74, 6) is 1.33. The van der Waals surface area contributed by atoms with Gasteiger partial charge in [0.1, 0.15) is 17.5 Å². The van der Waals surface area contributed by atoms with E-state index in [2.05, 4.69) is 22.8 Å². The van der Waals surface area contributed by atoms with Crippen LogP contribution in [0.4, 0.5) is 5.69 Å². The van der Waals surface area contributed by atoms with Gasteiger partial charge in [-0.05, 0) is 23.6 Å². The second kappa shape index (κ2) is 7.68. The fourth-order valence-corrected chi connectivity index (χ4v) is 4.19. The molecule has 0 bridgehead atoms. The first-order chi connectivity index (χ1) is 11.7. The molecule has 3 rings (SSSR count). The zero-order valence-electron chi connectivity index (χ0n) is 14.0. The molecular formula is C18H23N2O3S+.